The van der Waals surface area contributed by atoms with Crippen molar-refractivity contribution in [2.75, 3.05) is 25.2 Å². The lowest BCUT2D eigenvalue weighted by Crippen LogP contribution is -2.36. The Kier molecular flexibility index (Phi) is 5.31. The summed E-state index contributed by atoms with van der Waals surface area (Å²) in [5.74, 6) is 0.573. The molecular formula is C15H24FN3O. The number of nitrogens with zero attached hydrogens (tertiary/aromatic N) is 2. The molecule has 1 aromatic heterocycles. The molecule has 1 N–H and O–H groups in total. The molecule has 0 saturated heterocycles. The van der Waals surface area contributed by atoms with E-state index in [2.05, 4.69) is 29.0 Å². The Morgan fingerprint density at radius 3 is 2.85 bits per heavy atom. The van der Waals surface area contributed by atoms with Crippen molar-refractivity contribution >= 4 is 5.82 Å². The quantitative estimate of drug-likeness (QED) is 0.793. The van der Waals surface area contributed by atoms with E-state index in [1.807, 2.05) is 0 Å². The lowest BCUT2D eigenvalue weighted by Gasteiger charge is -2.29. The molecule has 0 bridgehead atoms. The molecule has 0 aromatic carbocycles. The maximum Gasteiger partial charge on any atom is 0.141 e. The number of ether oxygens (including phenoxy) is 1. The summed E-state index contributed by atoms with van der Waals surface area (Å²) >= 11 is 0. The summed E-state index contributed by atoms with van der Waals surface area (Å²) in [6.45, 7) is 6.27. The second-order valence-electron chi connectivity index (χ2n) is 5.57. The molecule has 0 unspecified atom stereocenters. The van der Waals surface area contributed by atoms with Gasteiger partial charge in [-0.1, -0.05) is 0 Å². The van der Waals surface area contributed by atoms with E-state index in [0.717, 1.165) is 17.9 Å². The Hall–Kier alpha value is -1.20. The first-order chi connectivity index (χ1) is 9.61. The number of methoxy groups -OCH3 is 1. The Bertz CT molecular complexity index is 435. The molecule has 0 amide bonds. The van der Waals surface area contributed by atoms with Crippen LogP contribution in [0.2, 0.25) is 0 Å². The molecule has 1 heterocycles. The van der Waals surface area contributed by atoms with Crippen LogP contribution in [0.25, 0.3) is 0 Å². The van der Waals surface area contributed by atoms with Gasteiger partial charge in [0.25, 0.3) is 0 Å². The lowest BCUT2D eigenvalue weighted by molar-refractivity contribution is 0.203. The molecular weight excluding hydrogens is 257 g/mol. The second-order valence-corrected chi connectivity index (χ2v) is 5.57. The van der Waals surface area contributed by atoms with Crippen LogP contribution in [0.4, 0.5) is 10.2 Å². The first-order valence-electron chi connectivity index (χ1n) is 7.25. The number of rotatable bonds is 8. The maximum absolute atomic E-state index is 13.5. The predicted octanol–water partition coefficient (Wildman–Crippen LogP) is 2.33. The molecule has 0 radical (unpaired) electrons. The van der Waals surface area contributed by atoms with Gasteiger partial charge < -0.3 is 15.0 Å². The fourth-order valence-electron chi connectivity index (χ4n) is 2.20. The van der Waals surface area contributed by atoms with Gasteiger partial charge in [-0.15, -0.1) is 0 Å². The van der Waals surface area contributed by atoms with Crippen molar-refractivity contribution in [1.29, 1.82) is 0 Å². The van der Waals surface area contributed by atoms with Crippen molar-refractivity contribution in [2.45, 2.75) is 45.3 Å². The highest BCUT2D eigenvalue weighted by atomic mass is 19.1. The SMILES string of the molecule is COCCN(c1ncc(F)cc1CNC1CC1)C(C)C. The number of pyridine rings is 1. The normalized spacial score (nSPS) is 14.8. The minimum absolute atomic E-state index is 0.281. The largest absolute Gasteiger partial charge is 0.383 e. The van der Waals surface area contributed by atoms with Gasteiger partial charge in [0, 0.05) is 37.8 Å². The first kappa shape index (κ1) is 15.2. The van der Waals surface area contributed by atoms with Crippen LogP contribution >= 0.6 is 0 Å². The molecule has 2 rings (SSSR count). The molecule has 1 aromatic rings. The van der Waals surface area contributed by atoms with Crippen molar-refractivity contribution in [3.63, 3.8) is 0 Å². The summed E-state index contributed by atoms with van der Waals surface area (Å²) < 4.78 is 18.6. The molecule has 1 aliphatic carbocycles. The van der Waals surface area contributed by atoms with Gasteiger partial charge >= 0.3 is 0 Å². The number of hydrogen-bond donors (Lipinski definition) is 1. The van der Waals surface area contributed by atoms with Crippen LogP contribution < -0.4 is 10.2 Å². The maximum atomic E-state index is 13.5. The Morgan fingerprint density at radius 1 is 1.50 bits per heavy atom. The van der Waals surface area contributed by atoms with Crippen LogP contribution in [-0.2, 0) is 11.3 Å². The zero-order valence-electron chi connectivity index (χ0n) is 12.5. The van der Waals surface area contributed by atoms with Gasteiger partial charge in [0.1, 0.15) is 11.6 Å². The number of halogens is 1. The summed E-state index contributed by atoms with van der Waals surface area (Å²) in [5, 5.41) is 3.43. The van der Waals surface area contributed by atoms with E-state index in [4.69, 9.17) is 4.74 Å². The fraction of sp³-hybridized carbons (Fsp3) is 0.667. The molecule has 112 valence electrons. The van der Waals surface area contributed by atoms with Gasteiger partial charge in [-0.2, -0.15) is 0 Å². The highest BCUT2D eigenvalue weighted by Gasteiger charge is 2.22. The lowest BCUT2D eigenvalue weighted by atomic mass is 10.2. The second kappa shape index (κ2) is 6.99. The third-order valence-corrected chi connectivity index (χ3v) is 3.50. The van der Waals surface area contributed by atoms with E-state index in [9.17, 15) is 4.39 Å². The average molecular weight is 281 g/mol. The summed E-state index contributed by atoms with van der Waals surface area (Å²) in [4.78, 5) is 6.47. The summed E-state index contributed by atoms with van der Waals surface area (Å²) in [7, 11) is 1.69. The van der Waals surface area contributed by atoms with Crippen LogP contribution in [0.3, 0.4) is 0 Å². The highest BCUT2D eigenvalue weighted by Crippen LogP contribution is 2.23. The van der Waals surface area contributed by atoms with Gasteiger partial charge in [-0.3, -0.25) is 0 Å². The number of hydrogen-bond acceptors (Lipinski definition) is 4. The van der Waals surface area contributed by atoms with Crippen molar-refractivity contribution in [2.24, 2.45) is 0 Å². The Morgan fingerprint density at radius 2 is 2.25 bits per heavy atom. The molecule has 20 heavy (non-hydrogen) atoms. The van der Waals surface area contributed by atoms with Gasteiger partial charge in [0.15, 0.2) is 0 Å². The Labute approximate surface area is 120 Å². The van der Waals surface area contributed by atoms with Gasteiger partial charge in [-0.25, -0.2) is 9.37 Å². The molecule has 1 saturated carbocycles. The van der Waals surface area contributed by atoms with E-state index < -0.39 is 0 Å². The van der Waals surface area contributed by atoms with E-state index >= 15 is 0 Å². The van der Waals surface area contributed by atoms with Gasteiger partial charge in [0.2, 0.25) is 0 Å². The summed E-state index contributed by atoms with van der Waals surface area (Å²) in [6, 6.07) is 2.47. The molecule has 0 spiro atoms. The topological polar surface area (TPSA) is 37.4 Å². The minimum atomic E-state index is -0.281. The monoisotopic (exact) mass is 281 g/mol. The van der Waals surface area contributed by atoms with Crippen LogP contribution in [0.15, 0.2) is 12.3 Å². The summed E-state index contributed by atoms with van der Waals surface area (Å²) in [5.41, 5.74) is 0.918. The van der Waals surface area contributed by atoms with Crippen LogP contribution in [0.1, 0.15) is 32.3 Å². The standard InChI is InChI=1S/C15H24FN3O/c1-11(2)19(6-7-20-3)15-12(8-13(16)10-18-15)9-17-14-4-5-14/h8,10-11,14,17H,4-7,9H2,1-3H3. The van der Waals surface area contributed by atoms with Crippen LogP contribution in [-0.4, -0.2) is 37.3 Å². The van der Waals surface area contributed by atoms with E-state index in [-0.39, 0.29) is 5.82 Å². The van der Waals surface area contributed by atoms with E-state index in [0.29, 0.717) is 25.2 Å². The molecule has 5 heteroatoms. The van der Waals surface area contributed by atoms with Crippen molar-refractivity contribution in [3.05, 3.63) is 23.6 Å². The third-order valence-electron chi connectivity index (χ3n) is 3.50. The smallest absolute Gasteiger partial charge is 0.141 e. The molecule has 1 fully saturated rings. The number of aromatic nitrogens is 1. The van der Waals surface area contributed by atoms with E-state index in [1.165, 1.54) is 19.0 Å². The van der Waals surface area contributed by atoms with Crippen molar-refractivity contribution in [1.82, 2.24) is 10.3 Å². The van der Waals surface area contributed by atoms with E-state index in [1.54, 1.807) is 13.2 Å². The predicted molar refractivity (Wildman–Crippen MR) is 78.4 cm³/mol. The molecule has 0 aliphatic heterocycles. The number of nitrogens with one attached hydrogen (secondary N) is 1. The first-order valence-corrected chi connectivity index (χ1v) is 7.25. The van der Waals surface area contributed by atoms with Gasteiger partial charge in [0.05, 0.1) is 12.8 Å². The highest BCUT2D eigenvalue weighted by molar-refractivity contribution is 5.47. The fourth-order valence-corrected chi connectivity index (χ4v) is 2.20. The van der Waals surface area contributed by atoms with Crippen LogP contribution in [0, 0.1) is 5.82 Å². The van der Waals surface area contributed by atoms with Crippen molar-refractivity contribution < 1.29 is 9.13 Å². The van der Waals surface area contributed by atoms with Crippen molar-refractivity contribution in [3.8, 4) is 0 Å². The molecule has 0 atom stereocenters. The number of anilines is 1. The van der Waals surface area contributed by atoms with Crippen LogP contribution in [0.5, 0.6) is 0 Å². The summed E-state index contributed by atoms with van der Waals surface area (Å²) in [6.07, 6.45) is 3.73. The average Bonchev–Trinajstić information content (AvgIpc) is 3.22. The zero-order chi connectivity index (χ0) is 14.5. The third kappa shape index (κ3) is 4.15. The minimum Gasteiger partial charge on any atom is -0.383 e. The van der Waals surface area contributed by atoms with Gasteiger partial charge in [-0.05, 0) is 32.8 Å². The Balaban J connectivity index is 2.16. The zero-order valence-corrected chi connectivity index (χ0v) is 12.5. The molecule has 4 nitrogen and oxygen atoms in total. The molecule has 1 aliphatic rings.